The van der Waals surface area contributed by atoms with E-state index in [1.54, 1.807) is 17.5 Å². The molecule has 0 aliphatic heterocycles. The van der Waals surface area contributed by atoms with Gasteiger partial charge in [0.1, 0.15) is 11.3 Å². The van der Waals surface area contributed by atoms with Crippen molar-refractivity contribution in [3.05, 3.63) is 34.2 Å². The monoisotopic (exact) mass is 397 g/mol. The molecule has 1 saturated carbocycles. The van der Waals surface area contributed by atoms with Crippen LogP contribution < -0.4 is 0 Å². The van der Waals surface area contributed by atoms with E-state index in [-0.39, 0.29) is 10.3 Å². The van der Waals surface area contributed by atoms with E-state index in [1.807, 2.05) is 6.20 Å². The predicted molar refractivity (Wildman–Crippen MR) is 94.8 cm³/mol. The number of fused-ring (bicyclic) bond motifs is 1. The molecule has 0 aromatic carbocycles. The van der Waals surface area contributed by atoms with Gasteiger partial charge in [0, 0.05) is 17.3 Å². The van der Waals surface area contributed by atoms with Gasteiger partial charge in [-0.1, -0.05) is 22.9 Å². The molecule has 0 saturated heterocycles. The maximum Gasteiger partial charge on any atom is 0.232 e. The average molecular weight is 398 g/mol. The van der Waals surface area contributed by atoms with Gasteiger partial charge in [0.2, 0.25) is 14.2 Å². The van der Waals surface area contributed by atoms with E-state index in [1.165, 1.54) is 6.33 Å². The van der Waals surface area contributed by atoms with E-state index in [2.05, 4.69) is 20.3 Å². The number of halogens is 1. The first-order valence-corrected chi connectivity index (χ1v) is 10.7. The molecule has 132 valence electrons. The second-order valence-electron chi connectivity index (χ2n) is 6.25. The summed E-state index contributed by atoms with van der Waals surface area (Å²) in [7, 11) is -3.40. The molecule has 0 N–H and O–H groups in total. The van der Waals surface area contributed by atoms with Crippen molar-refractivity contribution in [3.63, 3.8) is 0 Å². The van der Waals surface area contributed by atoms with E-state index >= 15 is 0 Å². The lowest BCUT2D eigenvalue weighted by Crippen LogP contribution is -2.27. The van der Waals surface area contributed by atoms with Crippen LogP contribution in [0, 0.1) is 6.92 Å². The standard InChI is InChI=1S/C15H16ClN5O2S2/c1-9-19-20-15(24-9)25(22,23)11-4-2-10(3-5-11)12-7-21-14(6-13(12)16)17-8-18-21/h6-8,10-11H,2-5H2,1H3. The molecule has 25 heavy (non-hydrogen) atoms. The molecule has 1 fully saturated rings. The Labute approximate surface area is 154 Å². The van der Waals surface area contributed by atoms with Crippen molar-refractivity contribution in [1.29, 1.82) is 0 Å². The molecule has 0 bridgehead atoms. The second kappa shape index (κ2) is 6.30. The molecule has 1 aliphatic rings. The molecular weight excluding hydrogens is 382 g/mol. The number of hydrogen-bond donors (Lipinski definition) is 0. The highest BCUT2D eigenvalue weighted by molar-refractivity contribution is 7.93. The van der Waals surface area contributed by atoms with E-state index in [0.717, 1.165) is 29.7 Å². The van der Waals surface area contributed by atoms with Crippen molar-refractivity contribution in [2.24, 2.45) is 0 Å². The fraction of sp³-hybridized carbons (Fsp3) is 0.467. The fourth-order valence-corrected chi connectivity index (χ4v) is 6.66. The Hall–Kier alpha value is -1.58. The van der Waals surface area contributed by atoms with Gasteiger partial charge in [-0.05, 0) is 44.1 Å². The lowest BCUT2D eigenvalue weighted by atomic mass is 9.84. The molecule has 0 spiro atoms. The number of rotatable bonds is 3. The molecule has 0 unspecified atom stereocenters. The van der Waals surface area contributed by atoms with Crippen LogP contribution in [-0.4, -0.2) is 38.5 Å². The van der Waals surface area contributed by atoms with Crippen LogP contribution in [0.5, 0.6) is 0 Å². The molecule has 3 aromatic rings. The molecule has 4 rings (SSSR count). The van der Waals surface area contributed by atoms with Crippen LogP contribution in [0.1, 0.15) is 42.2 Å². The van der Waals surface area contributed by atoms with Gasteiger partial charge in [0.05, 0.1) is 5.25 Å². The molecule has 10 heteroatoms. The summed E-state index contributed by atoms with van der Waals surface area (Å²) >= 11 is 7.54. The third kappa shape index (κ3) is 3.04. The van der Waals surface area contributed by atoms with Crippen molar-refractivity contribution in [3.8, 4) is 0 Å². The highest BCUT2D eigenvalue weighted by atomic mass is 35.5. The van der Waals surface area contributed by atoms with Gasteiger partial charge in [0.25, 0.3) is 0 Å². The maximum atomic E-state index is 12.7. The van der Waals surface area contributed by atoms with E-state index in [4.69, 9.17) is 11.6 Å². The number of nitrogens with zero attached hydrogens (tertiary/aromatic N) is 5. The highest BCUT2D eigenvalue weighted by Gasteiger charge is 2.35. The Balaban J connectivity index is 1.53. The van der Waals surface area contributed by atoms with Crippen molar-refractivity contribution < 1.29 is 8.42 Å². The van der Waals surface area contributed by atoms with Crippen molar-refractivity contribution in [1.82, 2.24) is 24.8 Å². The van der Waals surface area contributed by atoms with Crippen molar-refractivity contribution >= 4 is 38.4 Å². The molecule has 3 heterocycles. The van der Waals surface area contributed by atoms with Gasteiger partial charge in [0.15, 0.2) is 5.65 Å². The summed E-state index contributed by atoms with van der Waals surface area (Å²) in [5.74, 6) is 0.226. The zero-order valence-corrected chi connectivity index (χ0v) is 15.9. The van der Waals surface area contributed by atoms with Crippen LogP contribution in [0.2, 0.25) is 5.02 Å². The summed E-state index contributed by atoms with van der Waals surface area (Å²) in [6.07, 6.45) is 6.11. The van der Waals surface area contributed by atoms with Crippen LogP contribution in [-0.2, 0) is 9.84 Å². The van der Waals surface area contributed by atoms with Crippen molar-refractivity contribution in [2.45, 2.75) is 48.1 Å². The smallest absolute Gasteiger partial charge is 0.221 e. The lowest BCUT2D eigenvalue weighted by molar-refractivity contribution is 0.434. The molecule has 1 aliphatic carbocycles. The first-order chi connectivity index (χ1) is 11.9. The lowest BCUT2D eigenvalue weighted by Gasteiger charge is -2.28. The fourth-order valence-electron chi connectivity index (χ4n) is 3.37. The summed E-state index contributed by atoms with van der Waals surface area (Å²) in [5.41, 5.74) is 1.71. The normalized spacial score (nSPS) is 21.7. The molecule has 3 aromatic heterocycles. The van der Waals surface area contributed by atoms with Crippen LogP contribution in [0.15, 0.2) is 22.9 Å². The molecule has 0 radical (unpaired) electrons. The van der Waals surface area contributed by atoms with Gasteiger partial charge < -0.3 is 0 Å². The number of aromatic nitrogens is 5. The molecule has 0 atom stereocenters. The van der Waals surface area contributed by atoms with Gasteiger partial charge in [-0.15, -0.1) is 10.2 Å². The quantitative estimate of drug-likeness (QED) is 0.674. The van der Waals surface area contributed by atoms with Crippen molar-refractivity contribution in [2.75, 3.05) is 0 Å². The summed E-state index contributed by atoms with van der Waals surface area (Å²) in [4.78, 5) is 4.12. The van der Waals surface area contributed by atoms with Crippen LogP contribution >= 0.6 is 22.9 Å². The van der Waals surface area contributed by atoms with E-state index < -0.39 is 15.1 Å². The van der Waals surface area contributed by atoms with Gasteiger partial charge >= 0.3 is 0 Å². The topological polar surface area (TPSA) is 90.1 Å². The summed E-state index contributed by atoms with van der Waals surface area (Å²) in [5, 5.41) is 12.7. The molecular formula is C15H16ClN5O2S2. The molecule has 0 amide bonds. The summed E-state index contributed by atoms with van der Waals surface area (Å²) in [6.45, 7) is 1.76. The minimum absolute atomic E-state index is 0.135. The second-order valence-corrected chi connectivity index (χ2v) is 10.2. The van der Waals surface area contributed by atoms with Gasteiger partial charge in [-0.25, -0.2) is 17.9 Å². The largest absolute Gasteiger partial charge is 0.232 e. The van der Waals surface area contributed by atoms with Gasteiger partial charge in [-0.3, -0.25) is 0 Å². The SMILES string of the molecule is Cc1nnc(S(=O)(=O)C2CCC(c3cn4ncnc4cc3Cl)CC2)s1. The van der Waals surface area contributed by atoms with Crippen LogP contribution in [0.4, 0.5) is 0 Å². The van der Waals surface area contributed by atoms with E-state index in [9.17, 15) is 8.42 Å². The number of aryl methyl sites for hydroxylation is 1. The number of hydrogen-bond acceptors (Lipinski definition) is 7. The maximum absolute atomic E-state index is 12.7. The van der Waals surface area contributed by atoms with E-state index in [0.29, 0.717) is 28.5 Å². The predicted octanol–water partition coefficient (Wildman–Crippen LogP) is 3.04. The first-order valence-electron chi connectivity index (χ1n) is 7.98. The van der Waals surface area contributed by atoms with Crippen LogP contribution in [0.25, 0.3) is 5.65 Å². The Kier molecular flexibility index (Phi) is 4.25. The Bertz CT molecular complexity index is 1020. The minimum Gasteiger partial charge on any atom is -0.221 e. The summed E-state index contributed by atoms with van der Waals surface area (Å²) in [6, 6.07) is 1.80. The first kappa shape index (κ1) is 16.9. The number of pyridine rings is 1. The Morgan fingerprint density at radius 1 is 1.24 bits per heavy atom. The zero-order chi connectivity index (χ0) is 17.6. The van der Waals surface area contributed by atoms with Crippen LogP contribution in [0.3, 0.4) is 0 Å². The average Bonchev–Trinajstić information content (AvgIpc) is 3.23. The minimum atomic E-state index is -3.40. The zero-order valence-electron chi connectivity index (χ0n) is 13.5. The molecule has 7 nitrogen and oxygen atoms in total. The Morgan fingerprint density at radius 3 is 2.68 bits per heavy atom. The summed E-state index contributed by atoms with van der Waals surface area (Å²) < 4.78 is 27.3. The van der Waals surface area contributed by atoms with Gasteiger partial charge in [-0.2, -0.15) is 5.10 Å². The Morgan fingerprint density at radius 2 is 2.00 bits per heavy atom. The third-order valence-corrected chi connectivity index (χ3v) is 8.52. The highest BCUT2D eigenvalue weighted by Crippen LogP contribution is 2.39. The third-order valence-electron chi connectivity index (χ3n) is 4.70. The number of sulfone groups is 1.